The van der Waals surface area contributed by atoms with E-state index in [0.717, 1.165) is 47.2 Å². The summed E-state index contributed by atoms with van der Waals surface area (Å²) in [5.41, 5.74) is 6.38. The minimum atomic E-state index is -0.187. The molecule has 1 amide bonds. The maximum atomic E-state index is 13.4. The number of halogens is 2. The summed E-state index contributed by atoms with van der Waals surface area (Å²) >= 11 is 14.4. The van der Waals surface area contributed by atoms with Crippen LogP contribution in [0.15, 0.2) is 65.4 Å². The molecule has 1 N–H and O–H groups in total. The van der Waals surface area contributed by atoms with Gasteiger partial charge in [0, 0.05) is 10.6 Å². The molecule has 5 rings (SSSR count). The van der Waals surface area contributed by atoms with Crippen molar-refractivity contribution >= 4 is 52.1 Å². The van der Waals surface area contributed by atoms with Gasteiger partial charge in [-0.05, 0) is 84.0 Å². The van der Waals surface area contributed by atoms with Crippen LogP contribution in [0.25, 0.3) is 17.3 Å². The number of carbonyl (C=O) groups excluding carboxylic acids is 1. The van der Waals surface area contributed by atoms with Crippen molar-refractivity contribution in [1.82, 2.24) is 15.1 Å². The van der Waals surface area contributed by atoms with E-state index >= 15 is 0 Å². The quantitative estimate of drug-likeness (QED) is 0.302. The first-order valence-electron chi connectivity index (χ1n) is 11.2. The molecule has 0 spiro atoms. The summed E-state index contributed by atoms with van der Waals surface area (Å²) in [6, 6.07) is 17.2. The minimum absolute atomic E-state index is 0.141. The highest BCUT2D eigenvalue weighted by Crippen LogP contribution is 2.38. The predicted molar refractivity (Wildman–Crippen MR) is 141 cm³/mol. The van der Waals surface area contributed by atoms with E-state index in [0.29, 0.717) is 21.4 Å². The molecule has 1 atom stereocenters. The molecule has 0 fully saturated rings. The van der Waals surface area contributed by atoms with Crippen LogP contribution >= 0.6 is 34.5 Å². The lowest BCUT2D eigenvalue weighted by Crippen LogP contribution is -2.28. The van der Waals surface area contributed by atoms with Gasteiger partial charge in [0.05, 0.1) is 22.4 Å². The summed E-state index contributed by atoms with van der Waals surface area (Å²) in [6.45, 7) is 1.98. The molecule has 2 heterocycles. The lowest BCUT2D eigenvalue weighted by Gasteiger charge is -2.19. The maximum absolute atomic E-state index is 13.4. The van der Waals surface area contributed by atoms with E-state index in [1.54, 1.807) is 23.5 Å². The zero-order valence-electron chi connectivity index (χ0n) is 18.6. The molecule has 34 heavy (non-hydrogen) atoms. The average molecular weight is 508 g/mol. The van der Waals surface area contributed by atoms with E-state index in [1.165, 1.54) is 0 Å². The van der Waals surface area contributed by atoms with Crippen LogP contribution in [0.2, 0.25) is 10.0 Å². The Morgan fingerprint density at radius 3 is 2.71 bits per heavy atom. The summed E-state index contributed by atoms with van der Waals surface area (Å²) in [5, 5.41) is 13.2. The van der Waals surface area contributed by atoms with Crippen LogP contribution in [-0.2, 0) is 6.42 Å². The second-order valence-corrected chi connectivity index (χ2v) is 9.99. The van der Waals surface area contributed by atoms with Crippen LogP contribution < -0.4 is 5.32 Å². The zero-order valence-corrected chi connectivity index (χ0v) is 20.9. The number of thiophene rings is 1. The molecule has 0 unspecified atom stereocenters. The van der Waals surface area contributed by atoms with Gasteiger partial charge in [-0.1, -0.05) is 53.5 Å². The van der Waals surface area contributed by atoms with Gasteiger partial charge >= 0.3 is 0 Å². The van der Waals surface area contributed by atoms with Crippen molar-refractivity contribution < 1.29 is 4.79 Å². The van der Waals surface area contributed by atoms with E-state index in [-0.39, 0.29) is 11.9 Å². The molecule has 0 radical (unpaired) electrons. The summed E-state index contributed by atoms with van der Waals surface area (Å²) in [7, 11) is 0. The number of nitrogens with zero attached hydrogens (tertiary/aromatic N) is 2. The highest BCUT2D eigenvalue weighted by Gasteiger charge is 2.29. The number of amides is 1. The first kappa shape index (κ1) is 22.9. The SMILES string of the molecule is C[C@@H](NC(=O)c1nn(-c2ccc(Cl)cc2Cl)c2c1CCCC2=Cc1ccsc1)c1ccccc1. The molecule has 0 bridgehead atoms. The van der Waals surface area contributed by atoms with Crippen molar-refractivity contribution in [2.75, 3.05) is 0 Å². The van der Waals surface area contributed by atoms with E-state index in [2.05, 4.69) is 28.2 Å². The second-order valence-electron chi connectivity index (χ2n) is 8.37. The Hall–Kier alpha value is -2.86. The highest BCUT2D eigenvalue weighted by molar-refractivity contribution is 7.08. The Labute approximate surface area is 212 Å². The molecular weight excluding hydrogens is 485 g/mol. The number of carbonyl (C=O) groups is 1. The van der Waals surface area contributed by atoms with Gasteiger partial charge in [0.15, 0.2) is 5.69 Å². The van der Waals surface area contributed by atoms with Gasteiger partial charge in [0.2, 0.25) is 0 Å². The number of allylic oxidation sites excluding steroid dienone is 1. The van der Waals surface area contributed by atoms with E-state index in [4.69, 9.17) is 28.3 Å². The van der Waals surface area contributed by atoms with Crippen molar-refractivity contribution in [2.24, 2.45) is 0 Å². The second kappa shape index (κ2) is 9.79. The van der Waals surface area contributed by atoms with Gasteiger partial charge < -0.3 is 5.32 Å². The molecule has 0 saturated carbocycles. The Morgan fingerprint density at radius 1 is 1.15 bits per heavy atom. The van der Waals surface area contributed by atoms with Crippen LogP contribution in [0.5, 0.6) is 0 Å². The molecule has 0 saturated heterocycles. The van der Waals surface area contributed by atoms with Crippen molar-refractivity contribution in [3.05, 3.63) is 103 Å². The fraction of sp³-hybridized carbons (Fsp3) is 0.185. The monoisotopic (exact) mass is 507 g/mol. The molecule has 4 nitrogen and oxygen atoms in total. The molecule has 2 aromatic carbocycles. The molecule has 2 aromatic heterocycles. The lowest BCUT2D eigenvalue weighted by molar-refractivity contribution is 0.0933. The Bertz CT molecular complexity index is 1360. The van der Waals surface area contributed by atoms with Crippen LogP contribution in [0.3, 0.4) is 0 Å². The van der Waals surface area contributed by atoms with Crippen molar-refractivity contribution in [3.63, 3.8) is 0 Å². The molecule has 172 valence electrons. The topological polar surface area (TPSA) is 46.9 Å². The van der Waals surface area contributed by atoms with Crippen molar-refractivity contribution in [2.45, 2.75) is 32.2 Å². The third-order valence-electron chi connectivity index (χ3n) is 6.04. The fourth-order valence-electron chi connectivity index (χ4n) is 4.39. The molecule has 4 aromatic rings. The standard InChI is InChI=1S/C27H23Cl2N3OS/c1-17(19-6-3-2-4-7-19)30-27(33)25-22-9-5-8-20(14-18-12-13-34-16-18)26(22)32(31-25)24-11-10-21(28)15-23(24)29/h2-4,6-7,10-17H,5,8-9H2,1H3,(H,30,33)/t17-/m1/s1. The predicted octanol–water partition coefficient (Wildman–Crippen LogP) is 7.61. The van der Waals surface area contributed by atoms with E-state index in [9.17, 15) is 4.79 Å². The number of nitrogens with one attached hydrogen (secondary N) is 1. The minimum Gasteiger partial charge on any atom is -0.344 e. The van der Waals surface area contributed by atoms with Gasteiger partial charge in [-0.15, -0.1) is 0 Å². The largest absolute Gasteiger partial charge is 0.344 e. The Balaban J connectivity index is 1.61. The van der Waals surface area contributed by atoms with E-state index < -0.39 is 0 Å². The third-order valence-corrected chi connectivity index (χ3v) is 7.28. The van der Waals surface area contributed by atoms with Gasteiger partial charge in [-0.25, -0.2) is 4.68 Å². The summed E-state index contributed by atoms with van der Waals surface area (Å²) < 4.78 is 1.81. The Morgan fingerprint density at radius 2 is 1.97 bits per heavy atom. The summed E-state index contributed by atoms with van der Waals surface area (Å²) in [5.74, 6) is -0.187. The number of aromatic nitrogens is 2. The van der Waals surface area contributed by atoms with Crippen LogP contribution in [0, 0.1) is 0 Å². The smallest absolute Gasteiger partial charge is 0.272 e. The normalized spacial score (nSPS) is 15.2. The third kappa shape index (κ3) is 4.56. The lowest BCUT2D eigenvalue weighted by atomic mass is 9.90. The molecule has 7 heteroatoms. The van der Waals surface area contributed by atoms with Crippen LogP contribution in [0.4, 0.5) is 0 Å². The average Bonchev–Trinajstić information content (AvgIpc) is 3.48. The number of hydrogen-bond donors (Lipinski definition) is 1. The summed E-state index contributed by atoms with van der Waals surface area (Å²) in [4.78, 5) is 13.4. The number of fused-ring (bicyclic) bond motifs is 1. The van der Waals surface area contributed by atoms with Gasteiger partial charge in [-0.2, -0.15) is 16.4 Å². The van der Waals surface area contributed by atoms with Crippen molar-refractivity contribution in [3.8, 4) is 5.69 Å². The first-order chi connectivity index (χ1) is 16.5. The maximum Gasteiger partial charge on any atom is 0.272 e. The molecule has 0 aliphatic heterocycles. The van der Waals surface area contributed by atoms with E-state index in [1.807, 2.05) is 48.0 Å². The molecule has 1 aliphatic carbocycles. The summed E-state index contributed by atoms with van der Waals surface area (Å²) in [6.07, 6.45) is 4.83. The number of hydrogen-bond acceptors (Lipinski definition) is 3. The highest BCUT2D eigenvalue weighted by atomic mass is 35.5. The van der Waals surface area contributed by atoms with Crippen molar-refractivity contribution in [1.29, 1.82) is 0 Å². The Kier molecular flexibility index (Phi) is 6.59. The van der Waals surface area contributed by atoms with Crippen LogP contribution in [-0.4, -0.2) is 15.7 Å². The molecular formula is C27H23Cl2N3OS. The van der Waals surface area contributed by atoms with Gasteiger partial charge in [0.1, 0.15) is 0 Å². The molecule has 1 aliphatic rings. The van der Waals surface area contributed by atoms with Gasteiger partial charge in [-0.3, -0.25) is 4.79 Å². The number of benzene rings is 2. The fourth-order valence-corrected chi connectivity index (χ4v) is 5.50. The zero-order chi connectivity index (χ0) is 23.7. The van der Waals surface area contributed by atoms with Gasteiger partial charge in [0.25, 0.3) is 5.91 Å². The number of rotatable bonds is 5. The van der Waals surface area contributed by atoms with Crippen LogP contribution in [0.1, 0.15) is 58.7 Å². The first-order valence-corrected chi connectivity index (χ1v) is 12.9.